The fourth-order valence-electron chi connectivity index (χ4n) is 1.84. The summed E-state index contributed by atoms with van der Waals surface area (Å²) in [5, 5.41) is 17.4. The number of halogens is 1. The number of nitrogens with zero attached hydrogens (tertiary/aromatic N) is 1. The molecule has 0 spiro atoms. The maximum atomic E-state index is 11.7. The highest BCUT2D eigenvalue weighted by Gasteiger charge is 2.25. The van der Waals surface area contributed by atoms with Crippen LogP contribution in [0.5, 0.6) is 0 Å². The summed E-state index contributed by atoms with van der Waals surface area (Å²) in [5.41, 5.74) is 0. The molecule has 0 aromatic heterocycles. The summed E-state index contributed by atoms with van der Waals surface area (Å²) >= 11 is 0. The number of carbonyl (C=O) groups excluding carboxylic acids is 1. The molecule has 0 aromatic rings. The van der Waals surface area contributed by atoms with E-state index in [-0.39, 0.29) is 37.6 Å². The van der Waals surface area contributed by atoms with Crippen LogP contribution < -0.4 is 12.4 Å². The number of hydrogen-bond donors (Lipinski definition) is 2. The van der Waals surface area contributed by atoms with Crippen molar-refractivity contribution in [3.8, 4) is 0 Å². The van der Waals surface area contributed by atoms with Crippen LogP contribution in [0, 0.1) is 5.92 Å². The van der Waals surface area contributed by atoms with E-state index < -0.39 is 24.0 Å². The fraction of sp³-hybridized carbons (Fsp3) is 0.769. The van der Waals surface area contributed by atoms with Gasteiger partial charge >= 0.3 is 17.9 Å². The lowest BCUT2D eigenvalue weighted by atomic mass is 10.0. The van der Waals surface area contributed by atoms with Crippen molar-refractivity contribution >= 4 is 17.9 Å². The van der Waals surface area contributed by atoms with Gasteiger partial charge < -0.3 is 31.8 Å². The number of likely N-dealkylation sites (N-methyl/N-ethyl adjacent to an activating group) is 1. The van der Waals surface area contributed by atoms with Crippen molar-refractivity contribution in [2.24, 2.45) is 5.92 Å². The zero-order valence-electron chi connectivity index (χ0n) is 12.8. The van der Waals surface area contributed by atoms with Gasteiger partial charge in [-0.25, -0.2) is 0 Å². The molecule has 0 aromatic carbocycles. The maximum absolute atomic E-state index is 11.7. The van der Waals surface area contributed by atoms with E-state index in [0.29, 0.717) is 11.0 Å². The first kappa shape index (κ1) is 21.9. The van der Waals surface area contributed by atoms with E-state index >= 15 is 0 Å². The number of aliphatic carboxylic acids is 2. The quantitative estimate of drug-likeness (QED) is 0.361. The van der Waals surface area contributed by atoms with Crippen LogP contribution in [0.15, 0.2) is 0 Å². The summed E-state index contributed by atoms with van der Waals surface area (Å²) in [6.45, 7) is 2.02. The van der Waals surface area contributed by atoms with Gasteiger partial charge in [0.15, 0.2) is 6.10 Å². The third kappa shape index (κ3) is 13.4. The average Bonchev–Trinajstić information content (AvgIpc) is 2.09. The Labute approximate surface area is 130 Å². The molecule has 0 amide bonds. The Morgan fingerprint density at radius 1 is 1.00 bits per heavy atom. The predicted molar refractivity (Wildman–Crippen MR) is 71.1 cm³/mol. The number of carbonyl (C=O) groups is 3. The van der Waals surface area contributed by atoms with Crippen molar-refractivity contribution < 1.29 is 46.2 Å². The van der Waals surface area contributed by atoms with E-state index in [1.807, 2.05) is 21.1 Å². The molecule has 0 radical (unpaired) electrons. The van der Waals surface area contributed by atoms with Gasteiger partial charge in [0.2, 0.25) is 0 Å². The van der Waals surface area contributed by atoms with Crippen LogP contribution in [0.3, 0.4) is 0 Å². The third-order valence-corrected chi connectivity index (χ3v) is 2.49. The molecular weight excluding hydrogens is 302 g/mol. The summed E-state index contributed by atoms with van der Waals surface area (Å²) in [5.74, 6) is -2.90. The highest BCUT2D eigenvalue weighted by atomic mass is 35.5. The summed E-state index contributed by atoms with van der Waals surface area (Å²) in [4.78, 5) is 33.0. The van der Waals surface area contributed by atoms with Crippen LogP contribution in [0.1, 0.15) is 26.2 Å². The van der Waals surface area contributed by atoms with Crippen LogP contribution in [0.2, 0.25) is 0 Å². The molecule has 0 aliphatic heterocycles. The van der Waals surface area contributed by atoms with Gasteiger partial charge in [-0.1, -0.05) is 6.92 Å². The summed E-state index contributed by atoms with van der Waals surface area (Å²) in [6.07, 6.45) is -1.11. The van der Waals surface area contributed by atoms with E-state index in [2.05, 4.69) is 0 Å². The number of hydrogen-bond acceptors (Lipinski definition) is 4. The van der Waals surface area contributed by atoms with Crippen molar-refractivity contribution in [2.45, 2.75) is 32.3 Å². The van der Waals surface area contributed by atoms with Crippen LogP contribution in [-0.4, -0.2) is 66.4 Å². The first-order valence-electron chi connectivity index (χ1n) is 6.43. The highest BCUT2D eigenvalue weighted by molar-refractivity contribution is 5.73. The number of carboxylic acids is 2. The minimum absolute atomic E-state index is 0. The summed E-state index contributed by atoms with van der Waals surface area (Å²) in [7, 11) is 5.61. The number of quaternary nitrogens is 1. The van der Waals surface area contributed by atoms with Crippen molar-refractivity contribution in [2.75, 3.05) is 27.7 Å². The first-order chi connectivity index (χ1) is 8.99. The normalized spacial score (nSPS) is 13.7. The van der Waals surface area contributed by atoms with Gasteiger partial charge in [-0.3, -0.25) is 14.4 Å². The maximum Gasteiger partial charge on any atom is 0.307 e. The molecule has 0 rings (SSSR count). The summed E-state index contributed by atoms with van der Waals surface area (Å²) in [6, 6.07) is 0. The van der Waals surface area contributed by atoms with E-state index in [1.54, 1.807) is 6.92 Å². The van der Waals surface area contributed by atoms with Crippen molar-refractivity contribution in [3.63, 3.8) is 0 Å². The summed E-state index contributed by atoms with van der Waals surface area (Å²) < 4.78 is 5.63. The molecular formula is C13H24ClNO6. The molecule has 2 unspecified atom stereocenters. The van der Waals surface area contributed by atoms with Gasteiger partial charge in [-0.15, -0.1) is 0 Å². The van der Waals surface area contributed by atoms with E-state index in [1.165, 1.54) is 0 Å². The second-order valence-electron chi connectivity index (χ2n) is 6.09. The third-order valence-electron chi connectivity index (χ3n) is 2.49. The Balaban J connectivity index is 0. The number of ether oxygens (including phenoxy) is 1. The predicted octanol–water partition coefficient (Wildman–Crippen LogP) is -2.42. The highest BCUT2D eigenvalue weighted by Crippen LogP contribution is 2.12. The molecule has 0 aliphatic carbocycles. The molecule has 0 heterocycles. The fourth-order valence-corrected chi connectivity index (χ4v) is 1.84. The number of esters is 1. The van der Waals surface area contributed by atoms with E-state index in [4.69, 9.17) is 14.9 Å². The lowest BCUT2D eigenvalue weighted by Crippen LogP contribution is -3.00. The van der Waals surface area contributed by atoms with Crippen molar-refractivity contribution in [3.05, 3.63) is 0 Å². The van der Waals surface area contributed by atoms with Crippen LogP contribution >= 0.6 is 0 Å². The van der Waals surface area contributed by atoms with E-state index in [0.717, 1.165) is 0 Å². The Kier molecular flexibility index (Phi) is 10.0. The second-order valence-corrected chi connectivity index (χ2v) is 6.09. The standard InChI is InChI=1S/C13H23NO6.ClH/c1-9(5-11(15)16)6-13(19)20-10(7-12(17)18)8-14(2,3)4;/h9-10H,5-8H2,1-4H3,(H-,15,16,17,18);1H. The molecule has 0 fully saturated rings. The van der Waals surface area contributed by atoms with Crippen LogP contribution in [0.25, 0.3) is 0 Å². The molecule has 8 heteroatoms. The minimum atomic E-state index is -1.03. The molecule has 21 heavy (non-hydrogen) atoms. The molecule has 124 valence electrons. The Hall–Kier alpha value is -1.34. The van der Waals surface area contributed by atoms with Gasteiger partial charge in [0.25, 0.3) is 0 Å². The minimum Gasteiger partial charge on any atom is -1.00 e. The van der Waals surface area contributed by atoms with E-state index in [9.17, 15) is 14.4 Å². The first-order valence-corrected chi connectivity index (χ1v) is 6.43. The van der Waals surface area contributed by atoms with Crippen LogP contribution in [-0.2, 0) is 19.1 Å². The van der Waals surface area contributed by atoms with Crippen molar-refractivity contribution in [1.29, 1.82) is 0 Å². The second kappa shape index (κ2) is 9.57. The molecule has 0 saturated heterocycles. The van der Waals surface area contributed by atoms with Gasteiger partial charge in [0.1, 0.15) is 6.54 Å². The molecule has 2 atom stereocenters. The Morgan fingerprint density at radius 2 is 1.48 bits per heavy atom. The van der Waals surface area contributed by atoms with Crippen molar-refractivity contribution in [1.82, 2.24) is 0 Å². The lowest BCUT2D eigenvalue weighted by molar-refractivity contribution is -0.873. The van der Waals surface area contributed by atoms with Gasteiger partial charge in [0.05, 0.1) is 27.6 Å². The molecule has 0 bridgehead atoms. The van der Waals surface area contributed by atoms with Gasteiger partial charge in [-0.05, 0) is 5.92 Å². The Morgan fingerprint density at radius 3 is 1.86 bits per heavy atom. The molecule has 0 saturated carbocycles. The largest absolute Gasteiger partial charge is 1.00 e. The number of carboxylic acid groups (broad SMARTS) is 2. The molecule has 2 N–H and O–H groups in total. The monoisotopic (exact) mass is 325 g/mol. The SMILES string of the molecule is CC(CC(=O)O)CC(=O)OC(CC(=O)O)C[N+](C)(C)C.[Cl-]. The topological polar surface area (TPSA) is 101 Å². The lowest BCUT2D eigenvalue weighted by Gasteiger charge is -2.28. The number of rotatable bonds is 9. The Bertz CT molecular complexity index is 366. The zero-order chi connectivity index (χ0) is 15.9. The van der Waals surface area contributed by atoms with Gasteiger partial charge in [-0.2, -0.15) is 0 Å². The van der Waals surface area contributed by atoms with Crippen LogP contribution in [0.4, 0.5) is 0 Å². The molecule has 7 nitrogen and oxygen atoms in total. The average molecular weight is 326 g/mol. The molecule has 0 aliphatic rings. The zero-order valence-corrected chi connectivity index (χ0v) is 13.6. The van der Waals surface area contributed by atoms with Gasteiger partial charge in [0, 0.05) is 12.8 Å². The smallest absolute Gasteiger partial charge is 0.307 e.